The Balaban J connectivity index is 1.35. The van der Waals surface area contributed by atoms with E-state index >= 15 is 0 Å². The highest BCUT2D eigenvalue weighted by molar-refractivity contribution is 5.94. The summed E-state index contributed by atoms with van der Waals surface area (Å²) >= 11 is 0. The van der Waals surface area contributed by atoms with Crippen LogP contribution in [0.1, 0.15) is 80.1 Å². The lowest BCUT2D eigenvalue weighted by molar-refractivity contribution is 0.0933. The molecule has 2 aromatic rings. The summed E-state index contributed by atoms with van der Waals surface area (Å²) in [6, 6.07) is 15.6. The van der Waals surface area contributed by atoms with E-state index in [-0.39, 0.29) is 23.9 Å². The van der Waals surface area contributed by atoms with Crippen molar-refractivity contribution in [1.82, 2.24) is 10.2 Å². The number of hydrogen-bond donors (Lipinski definition) is 2. The maximum absolute atomic E-state index is 12.9. The van der Waals surface area contributed by atoms with E-state index in [4.69, 9.17) is 4.74 Å². The molecule has 0 aromatic heterocycles. The first-order valence-corrected chi connectivity index (χ1v) is 12.8. The Morgan fingerprint density at radius 1 is 0.971 bits per heavy atom. The molecule has 1 heterocycles. The van der Waals surface area contributed by atoms with Crippen molar-refractivity contribution in [3.63, 3.8) is 0 Å². The number of ether oxygens (including phenoxy) is 1. The van der Waals surface area contributed by atoms with E-state index in [2.05, 4.69) is 16.7 Å². The first-order chi connectivity index (χ1) is 16.6. The van der Waals surface area contributed by atoms with Crippen LogP contribution in [0.25, 0.3) is 0 Å². The van der Waals surface area contributed by atoms with Gasteiger partial charge in [-0.3, -0.25) is 4.79 Å². The zero-order chi connectivity index (χ0) is 23.8. The third-order valence-corrected chi connectivity index (χ3v) is 6.94. The van der Waals surface area contributed by atoms with Gasteiger partial charge in [-0.15, -0.1) is 0 Å². The van der Waals surface area contributed by atoms with Gasteiger partial charge >= 0.3 is 6.03 Å². The Bertz CT molecular complexity index is 952. The van der Waals surface area contributed by atoms with E-state index in [0.29, 0.717) is 13.2 Å². The molecule has 6 nitrogen and oxygen atoms in total. The number of carbonyl (C=O) groups excluding carboxylic acids is 2. The largest absolute Gasteiger partial charge is 0.494 e. The molecule has 1 saturated heterocycles. The number of likely N-dealkylation sites (tertiary alicyclic amines) is 1. The van der Waals surface area contributed by atoms with Crippen molar-refractivity contribution in [1.29, 1.82) is 0 Å². The lowest BCUT2D eigenvalue weighted by Gasteiger charge is -2.33. The van der Waals surface area contributed by atoms with Crippen molar-refractivity contribution in [2.24, 2.45) is 0 Å². The van der Waals surface area contributed by atoms with Gasteiger partial charge in [0, 0.05) is 36.3 Å². The fourth-order valence-corrected chi connectivity index (χ4v) is 5.06. The van der Waals surface area contributed by atoms with E-state index in [1.165, 1.54) is 25.7 Å². The number of urea groups is 1. The summed E-state index contributed by atoms with van der Waals surface area (Å²) in [4.78, 5) is 27.7. The summed E-state index contributed by atoms with van der Waals surface area (Å²) in [5, 5.41) is 6.25. The fourth-order valence-electron chi connectivity index (χ4n) is 5.06. The summed E-state index contributed by atoms with van der Waals surface area (Å²) < 4.78 is 5.47. The first kappa shape index (κ1) is 24.1. The Morgan fingerprint density at radius 3 is 2.47 bits per heavy atom. The van der Waals surface area contributed by atoms with Crippen LogP contribution in [-0.4, -0.2) is 42.6 Å². The van der Waals surface area contributed by atoms with Crippen molar-refractivity contribution in [3.8, 4) is 5.75 Å². The molecule has 1 aliphatic carbocycles. The molecular weight excluding hydrogens is 426 g/mol. The van der Waals surface area contributed by atoms with E-state index in [0.717, 1.165) is 54.8 Å². The summed E-state index contributed by atoms with van der Waals surface area (Å²) in [6.07, 6.45) is 9.04. The van der Waals surface area contributed by atoms with Crippen LogP contribution in [-0.2, 0) is 0 Å². The van der Waals surface area contributed by atoms with E-state index in [1.807, 2.05) is 54.3 Å². The van der Waals surface area contributed by atoms with Crippen molar-refractivity contribution < 1.29 is 14.3 Å². The van der Waals surface area contributed by atoms with Crippen LogP contribution in [0.4, 0.5) is 10.5 Å². The quantitative estimate of drug-likeness (QED) is 0.520. The number of anilines is 1. The molecule has 0 spiro atoms. The number of amides is 3. The lowest BCUT2D eigenvalue weighted by Crippen LogP contribution is -2.41. The van der Waals surface area contributed by atoms with Crippen LogP contribution in [0, 0.1) is 0 Å². The predicted molar refractivity (Wildman–Crippen MR) is 136 cm³/mol. The summed E-state index contributed by atoms with van der Waals surface area (Å²) in [7, 11) is 0. The number of nitrogens with zero attached hydrogens (tertiary/aromatic N) is 1. The van der Waals surface area contributed by atoms with Crippen molar-refractivity contribution >= 4 is 17.6 Å². The van der Waals surface area contributed by atoms with Crippen molar-refractivity contribution in [2.75, 3.05) is 25.0 Å². The van der Waals surface area contributed by atoms with Gasteiger partial charge in [-0.1, -0.05) is 37.8 Å². The van der Waals surface area contributed by atoms with Crippen LogP contribution < -0.4 is 15.4 Å². The standard InChI is InChI=1S/C28H37N3O3/c1-2-34-26-16-14-25(15-17-26)30-28(33)31-18-8-11-23(20-31)21-9-7-10-22(19-21)27(32)29-24-12-5-3-4-6-13-24/h7,9-10,14-17,19,23-24H,2-6,8,11-13,18,20H2,1H3,(H,29,32)(H,30,33). The van der Waals surface area contributed by atoms with Gasteiger partial charge in [-0.25, -0.2) is 4.79 Å². The molecular formula is C28H37N3O3. The fraction of sp³-hybridized carbons (Fsp3) is 0.500. The second-order valence-corrected chi connectivity index (χ2v) is 9.46. The van der Waals surface area contributed by atoms with Crippen molar-refractivity contribution in [3.05, 3.63) is 59.7 Å². The average Bonchev–Trinajstić information content (AvgIpc) is 3.14. The van der Waals surface area contributed by atoms with Crippen LogP contribution in [0.5, 0.6) is 5.75 Å². The number of rotatable bonds is 6. The van der Waals surface area contributed by atoms with E-state index in [1.54, 1.807) is 0 Å². The zero-order valence-electron chi connectivity index (χ0n) is 20.2. The minimum absolute atomic E-state index is 0.0228. The van der Waals surface area contributed by atoms with Crippen LogP contribution in [0.2, 0.25) is 0 Å². The number of nitrogens with one attached hydrogen (secondary N) is 2. The Kier molecular flexibility index (Phi) is 8.45. The second kappa shape index (κ2) is 11.9. The molecule has 1 aliphatic heterocycles. The van der Waals surface area contributed by atoms with Crippen LogP contribution in [0.3, 0.4) is 0 Å². The molecule has 2 N–H and O–H groups in total. The molecule has 2 aliphatic rings. The van der Waals surface area contributed by atoms with Gasteiger partial charge in [-0.05, 0) is 74.6 Å². The van der Waals surface area contributed by atoms with Gasteiger partial charge in [0.2, 0.25) is 0 Å². The van der Waals surface area contributed by atoms with Gasteiger partial charge in [0.1, 0.15) is 5.75 Å². The maximum atomic E-state index is 12.9. The Hall–Kier alpha value is -3.02. The minimum atomic E-state index is -0.0869. The molecule has 3 amide bonds. The third kappa shape index (κ3) is 6.52. The molecule has 2 fully saturated rings. The number of piperidine rings is 1. The smallest absolute Gasteiger partial charge is 0.321 e. The van der Waals surface area contributed by atoms with Crippen LogP contribution >= 0.6 is 0 Å². The molecule has 0 bridgehead atoms. The normalized spacial score (nSPS) is 19.2. The first-order valence-electron chi connectivity index (χ1n) is 12.8. The highest BCUT2D eigenvalue weighted by Gasteiger charge is 2.25. The number of benzene rings is 2. The van der Waals surface area contributed by atoms with Gasteiger partial charge in [0.15, 0.2) is 0 Å². The minimum Gasteiger partial charge on any atom is -0.494 e. The molecule has 34 heavy (non-hydrogen) atoms. The highest BCUT2D eigenvalue weighted by atomic mass is 16.5. The molecule has 4 rings (SSSR count). The summed E-state index contributed by atoms with van der Waals surface area (Å²) in [6.45, 7) is 3.95. The lowest BCUT2D eigenvalue weighted by atomic mass is 9.89. The van der Waals surface area contributed by atoms with Crippen LogP contribution in [0.15, 0.2) is 48.5 Å². The molecule has 1 saturated carbocycles. The summed E-state index contributed by atoms with van der Waals surface area (Å²) in [5.41, 5.74) is 2.61. The maximum Gasteiger partial charge on any atom is 0.321 e. The Morgan fingerprint density at radius 2 is 1.74 bits per heavy atom. The highest BCUT2D eigenvalue weighted by Crippen LogP contribution is 2.28. The molecule has 2 aromatic carbocycles. The van der Waals surface area contributed by atoms with Crippen molar-refractivity contribution in [2.45, 2.75) is 70.3 Å². The third-order valence-electron chi connectivity index (χ3n) is 6.94. The number of hydrogen-bond acceptors (Lipinski definition) is 3. The average molecular weight is 464 g/mol. The SMILES string of the molecule is CCOc1ccc(NC(=O)N2CCCC(c3cccc(C(=O)NC4CCCCCC4)c3)C2)cc1. The summed E-state index contributed by atoms with van der Waals surface area (Å²) in [5.74, 6) is 1.04. The van der Waals surface area contributed by atoms with Gasteiger partial charge in [-0.2, -0.15) is 0 Å². The zero-order valence-corrected chi connectivity index (χ0v) is 20.2. The Labute approximate surface area is 203 Å². The molecule has 1 unspecified atom stereocenters. The molecule has 0 radical (unpaired) electrons. The van der Waals surface area contributed by atoms with Gasteiger partial charge in [0.25, 0.3) is 5.91 Å². The molecule has 182 valence electrons. The topological polar surface area (TPSA) is 70.7 Å². The second-order valence-electron chi connectivity index (χ2n) is 9.46. The van der Waals surface area contributed by atoms with E-state index in [9.17, 15) is 9.59 Å². The van der Waals surface area contributed by atoms with Gasteiger partial charge < -0.3 is 20.3 Å². The van der Waals surface area contributed by atoms with Gasteiger partial charge in [0.05, 0.1) is 6.61 Å². The molecule has 1 atom stereocenters. The monoisotopic (exact) mass is 463 g/mol. The van der Waals surface area contributed by atoms with E-state index < -0.39 is 0 Å². The number of carbonyl (C=O) groups is 2. The predicted octanol–water partition coefficient (Wildman–Crippen LogP) is 5.95. The molecule has 6 heteroatoms.